The fourth-order valence-electron chi connectivity index (χ4n) is 1.91. The number of carbonyl (C=O) groups is 1. The van der Waals surface area contributed by atoms with Crippen molar-refractivity contribution < 1.29 is 9.90 Å². The highest BCUT2D eigenvalue weighted by Gasteiger charge is 2.07. The summed E-state index contributed by atoms with van der Waals surface area (Å²) in [6, 6.07) is 7.23. The molecule has 2 rings (SSSR count). The summed E-state index contributed by atoms with van der Waals surface area (Å²) in [5, 5.41) is 12.3. The molecule has 1 aromatic heterocycles. The fourth-order valence-corrected chi connectivity index (χ4v) is 1.91. The van der Waals surface area contributed by atoms with Gasteiger partial charge in [-0.3, -0.25) is 4.98 Å². The summed E-state index contributed by atoms with van der Waals surface area (Å²) in [5.74, 6) is -0.894. The van der Waals surface area contributed by atoms with Gasteiger partial charge >= 0.3 is 5.97 Å². The summed E-state index contributed by atoms with van der Waals surface area (Å²) < 4.78 is 0. The summed E-state index contributed by atoms with van der Waals surface area (Å²) in [5.41, 5.74) is 4.32. The lowest BCUT2D eigenvalue weighted by atomic mass is 10.1. The van der Waals surface area contributed by atoms with E-state index in [1.165, 1.54) is 5.56 Å². The number of nitrogens with zero attached hydrogens (tertiary/aromatic N) is 1. The average molecular weight is 256 g/mol. The predicted octanol–water partition coefficient (Wildman–Crippen LogP) is 3.01. The van der Waals surface area contributed by atoms with E-state index in [4.69, 9.17) is 5.11 Å². The zero-order valence-electron chi connectivity index (χ0n) is 11.0. The smallest absolute Gasteiger partial charge is 0.335 e. The lowest BCUT2D eigenvalue weighted by molar-refractivity contribution is 0.0696. The maximum absolute atomic E-state index is 10.9. The molecule has 4 nitrogen and oxygen atoms in total. The van der Waals surface area contributed by atoms with E-state index in [1.807, 2.05) is 25.3 Å². The van der Waals surface area contributed by atoms with Crippen molar-refractivity contribution in [1.82, 2.24) is 4.98 Å². The van der Waals surface area contributed by atoms with Crippen LogP contribution in [0.2, 0.25) is 0 Å². The molecule has 0 aliphatic carbocycles. The molecule has 0 saturated carbocycles. The third kappa shape index (κ3) is 3.10. The Labute approximate surface area is 112 Å². The molecule has 1 aromatic carbocycles. The van der Waals surface area contributed by atoms with E-state index in [2.05, 4.69) is 10.3 Å². The van der Waals surface area contributed by atoms with Gasteiger partial charge in [-0.1, -0.05) is 0 Å². The molecular formula is C15H16N2O2. The first-order chi connectivity index (χ1) is 9.08. The van der Waals surface area contributed by atoms with Crippen molar-refractivity contribution in [2.45, 2.75) is 20.4 Å². The maximum Gasteiger partial charge on any atom is 0.335 e. The van der Waals surface area contributed by atoms with Crippen LogP contribution in [0.1, 0.15) is 27.0 Å². The van der Waals surface area contributed by atoms with Crippen LogP contribution in [0.3, 0.4) is 0 Å². The topological polar surface area (TPSA) is 62.2 Å². The zero-order valence-corrected chi connectivity index (χ0v) is 11.0. The van der Waals surface area contributed by atoms with Gasteiger partial charge in [-0.2, -0.15) is 0 Å². The monoisotopic (exact) mass is 256 g/mol. The van der Waals surface area contributed by atoms with Crippen molar-refractivity contribution in [3.05, 3.63) is 58.9 Å². The second-order valence-corrected chi connectivity index (χ2v) is 4.49. The van der Waals surface area contributed by atoms with Crippen LogP contribution in [0.4, 0.5) is 5.69 Å². The number of aromatic nitrogens is 1. The van der Waals surface area contributed by atoms with Crippen LogP contribution in [0.5, 0.6) is 0 Å². The van der Waals surface area contributed by atoms with E-state index in [9.17, 15) is 4.79 Å². The van der Waals surface area contributed by atoms with Gasteiger partial charge in [-0.15, -0.1) is 0 Å². The number of pyridine rings is 1. The van der Waals surface area contributed by atoms with Gasteiger partial charge in [-0.05, 0) is 54.8 Å². The van der Waals surface area contributed by atoms with Gasteiger partial charge < -0.3 is 10.4 Å². The van der Waals surface area contributed by atoms with Crippen LogP contribution in [-0.2, 0) is 6.54 Å². The number of hydrogen-bond donors (Lipinski definition) is 2. The summed E-state index contributed by atoms with van der Waals surface area (Å²) in [6.45, 7) is 4.51. The van der Waals surface area contributed by atoms with Crippen LogP contribution < -0.4 is 5.32 Å². The fraction of sp³-hybridized carbons (Fsp3) is 0.200. The van der Waals surface area contributed by atoms with Gasteiger partial charge in [0.05, 0.1) is 5.56 Å². The number of rotatable bonds is 4. The Bertz CT molecular complexity index is 609. The van der Waals surface area contributed by atoms with Gasteiger partial charge in [0.15, 0.2) is 0 Å². The number of aromatic carboxylic acids is 1. The first kappa shape index (κ1) is 13.1. The predicted molar refractivity (Wildman–Crippen MR) is 74.4 cm³/mol. The third-order valence-electron chi connectivity index (χ3n) is 3.08. The largest absolute Gasteiger partial charge is 0.478 e. The average Bonchev–Trinajstić information content (AvgIpc) is 2.37. The van der Waals surface area contributed by atoms with Gasteiger partial charge in [-0.25, -0.2) is 4.79 Å². The van der Waals surface area contributed by atoms with Crippen molar-refractivity contribution in [2.75, 3.05) is 5.32 Å². The minimum atomic E-state index is -0.894. The Morgan fingerprint density at radius 3 is 2.68 bits per heavy atom. The summed E-state index contributed by atoms with van der Waals surface area (Å²) >= 11 is 0. The number of carboxylic acid groups (broad SMARTS) is 1. The van der Waals surface area contributed by atoms with Gasteiger partial charge in [0.25, 0.3) is 0 Å². The molecule has 1 heterocycles. The molecule has 0 amide bonds. The first-order valence-corrected chi connectivity index (χ1v) is 6.05. The summed E-state index contributed by atoms with van der Waals surface area (Å²) in [7, 11) is 0. The second-order valence-electron chi connectivity index (χ2n) is 4.49. The quantitative estimate of drug-likeness (QED) is 0.882. The van der Waals surface area contributed by atoms with Gasteiger partial charge in [0.2, 0.25) is 0 Å². The molecular weight excluding hydrogens is 240 g/mol. The van der Waals surface area contributed by atoms with Crippen molar-refractivity contribution in [1.29, 1.82) is 0 Å². The molecule has 4 heteroatoms. The van der Waals surface area contributed by atoms with Crippen molar-refractivity contribution >= 4 is 11.7 Å². The molecule has 0 atom stereocenters. The Hall–Kier alpha value is -2.36. The molecule has 98 valence electrons. The molecule has 0 aliphatic rings. The molecule has 0 unspecified atom stereocenters. The molecule has 0 bridgehead atoms. The second kappa shape index (κ2) is 5.52. The first-order valence-electron chi connectivity index (χ1n) is 6.05. The number of carboxylic acids is 1. The highest BCUT2D eigenvalue weighted by molar-refractivity contribution is 5.89. The van der Waals surface area contributed by atoms with E-state index < -0.39 is 5.97 Å². The van der Waals surface area contributed by atoms with Gasteiger partial charge in [0.1, 0.15) is 0 Å². The standard InChI is InChI=1S/C15H16N2O2/c1-10-7-13(3-4-14(10)15(18)19)17-9-12-5-6-16-8-11(12)2/h3-8,17H,9H2,1-2H3,(H,18,19). The van der Waals surface area contributed by atoms with E-state index in [-0.39, 0.29) is 0 Å². The van der Waals surface area contributed by atoms with Crippen molar-refractivity contribution in [2.24, 2.45) is 0 Å². The Morgan fingerprint density at radius 2 is 2.05 bits per heavy atom. The van der Waals surface area contributed by atoms with Crippen LogP contribution >= 0.6 is 0 Å². The number of nitrogens with one attached hydrogen (secondary N) is 1. The molecule has 0 saturated heterocycles. The Balaban J connectivity index is 2.11. The minimum absolute atomic E-state index is 0.339. The van der Waals surface area contributed by atoms with E-state index in [0.29, 0.717) is 12.1 Å². The number of anilines is 1. The normalized spacial score (nSPS) is 10.2. The lowest BCUT2D eigenvalue weighted by Crippen LogP contribution is -2.04. The molecule has 2 N–H and O–H groups in total. The molecule has 0 fully saturated rings. The molecule has 2 aromatic rings. The van der Waals surface area contributed by atoms with Crippen LogP contribution in [0.25, 0.3) is 0 Å². The number of aryl methyl sites for hydroxylation is 2. The SMILES string of the molecule is Cc1cnccc1CNc1ccc(C(=O)O)c(C)c1. The summed E-state index contributed by atoms with van der Waals surface area (Å²) in [4.78, 5) is 15.0. The van der Waals surface area contributed by atoms with E-state index >= 15 is 0 Å². The van der Waals surface area contributed by atoms with Crippen LogP contribution in [0, 0.1) is 13.8 Å². The highest BCUT2D eigenvalue weighted by Crippen LogP contribution is 2.16. The van der Waals surface area contributed by atoms with Crippen molar-refractivity contribution in [3.63, 3.8) is 0 Å². The van der Waals surface area contributed by atoms with Crippen LogP contribution in [0.15, 0.2) is 36.7 Å². The Kier molecular flexibility index (Phi) is 3.80. The highest BCUT2D eigenvalue weighted by atomic mass is 16.4. The lowest BCUT2D eigenvalue weighted by Gasteiger charge is -2.10. The van der Waals surface area contributed by atoms with E-state index in [0.717, 1.165) is 16.8 Å². The maximum atomic E-state index is 10.9. The molecule has 19 heavy (non-hydrogen) atoms. The molecule has 0 spiro atoms. The third-order valence-corrected chi connectivity index (χ3v) is 3.08. The molecule has 0 radical (unpaired) electrons. The number of benzene rings is 1. The number of hydrogen-bond acceptors (Lipinski definition) is 3. The molecule has 0 aliphatic heterocycles. The summed E-state index contributed by atoms with van der Waals surface area (Å²) in [6.07, 6.45) is 3.60. The van der Waals surface area contributed by atoms with Gasteiger partial charge in [0, 0.05) is 24.6 Å². The van der Waals surface area contributed by atoms with E-state index in [1.54, 1.807) is 25.3 Å². The van der Waals surface area contributed by atoms with Crippen LogP contribution in [-0.4, -0.2) is 16.1 Å². The Morgan fingerprint density at radius 1 is 1.26 bits per heavy atom. The minimum Gasteiger partial charge on any atom is -0.478 e. The zero-order chi connectivity index (χ0) is 13.8. The van der Waals surface area contributed by atoms with Crippen molar-refractivity contribution in [3.8, 4) is 0 Å².